The summed E-state index contributed by atoms with van der Waals surface area (Å²) in [5.41, 5.74) is 1.89. The number of nitrogens with zero attached hydrogens (tertiary/aromatic N) is 2. The predicted octanol–water partition coefficient (Wildman–Crippen LogP) is 5.99. The number of fused-ring (bicyclic) bond motifs is 1. The van der Waals surface area contributed by atoms with E-state index < -0.39 is 11.5 Å². The smallest absolute Gasteiger partial charge is 0.410 e. The van der Waals surface area contributed by atoms with Gasteiger partial charge in [-0.15, -0.1) is 0 Å². The molecule has 2 unspecified atom stereocenters. The molecule has 1 saturated heterocycles. The minimum absolute atomic E-state index is 0.120. The zero-order valence-electron chi connectivity index (χ0n) is 22.4. The Kier molecular flexibility index (Phi) is 8.21. The highest BCUT2D eigenvalue weighted by Gasteiger charge is 2.31. The topological polar surface area (TPSA) is 88.9 Å². The SMILES string of the molecule is CCOC(=O)C(Cc1ccc2ccc(C#N)cc2c1)c1ccc(OC2CCN(C(=O)OC(C)(C)C)C2)cc1. The molecule has 1 heterocycles. The fraction of sp³-hybridized carbons (Fsp3) is 0.387. The molecule has 1 fully saturated rings. The van der Waals surface area contributed by atoms with Crippen molar-refractivity contribution < 1.29 is 23.8 Å². The summed E-state index contributed by atoms with van der Waals surface area (Å²) in [6.07, 6.45) is 0.750. The van der Waals surface area contributed by atoms with Gasteiger partial charge in [0, 0.05) is 13.0 Å². The highest BCUT2D eigenvalue weighted by molar-refractivity contribution is 5.85. The van der Waals surface area contributed by atoms with Crippen molar-refractivity contribution in [2.24, 2.45) is 0 Å². The van der Waals surface area contributed by atoms with Crippen LogP contribution in [0.15, 0.2) is 60.7 Å². The summed E-state index contributed by atoms with van der Waals surface area (Å²) in [4.78, 5) is 26.9. The van der Waals surface area contributed by atoms with E-state index in [0.717, 1.165) is 28.3 Å². The average molecular weight is 515 g/mol. The van der Waals surface area contributed by atoms with Crippen LogP contribution >= 0.6 is 0 Å². The summed E-state index contributed by atoms with van der Waals surface area (Å²) in [5.74, 6) is -0.0762. The molecular weight excluding hydrogens is 480 g/mol. The summed E-state index contributed by atoms with van der Waals surface area (Å²) in [6, 6.07) is 21.3. The summed E-state index contributed by atoms with van der Waals surface area (Å²) < 4.78 is 17.0. The quantitative estimate of drug-likeness (QED) is 0.360. The minimum atomic E-state index is -0.534. The fourth-order valence-corrected chi connectivity index (χ4v) is 4.60. The lowest BCUT2D eigenvalue weighted by Crippen LogP contribution is -2.36. The minimum Gasteiger partial charge on any atom is -0.489 e. The molecule has 0 saturated carbocycles. The van der Waals surface area contributed by atoms with Crippen molar-refractivity contribution in [3.63, 3.8) is 0 Å². The number of hydrogen-bond acceptors (Lipinski definition) is 6. The van der Waals surface area contributed by atoms with Gasteiger partial charge in [0.05, 0.1) is 30.7 Å². The molecule has 4 rings (SSSR count). The lowest BCUT2D eigenvalue weighted by atomic mass is 9.91. The van der Waals surface area contributed by atoms with Gasteiger partial charge < -0.3 is 19.1 Å². The van der Waals surface area contributed by atoms with E-state index in [1.165, 1.54) is 0 Å². The van der Waals surface area contributed by atoms with Crippen molar-refractivity contribution in [2.75, 3.05) is 19.7 Å². The number of nitriles is 1. The molecule has 0 bridgehead atoms. The molecule has 0 aromatic heterocycles. The monoisotopic (exact) mass is 514 g/mol. The molecule has 1 aliphatic rings. The number of esters is 1. The number of carbonyl (C=O) groups is 2. The van der Waals surface area contributed by atoms with Crippen LogP contribution in [0.2, 0.25) is 0 Å². The maximum absolute atomic E-state index is 12.9. The van der Waals surface area contributed by atoms with Gasteiger partial charge in [0.2, 0.25) is 0 Å². The van der Waals surface area contributed by atoms with Crippen molar-refractivity contribution in [1.82, 2.24) is 4.90 Å². The van der Waals surface area contributed by atoms with Gasteiger partial charge in [-0.25, -0.2) is 4.79 Å². The second-order valence-corrected chi connectivity index (χ2v) is 10.5. The molecule has 1 amide bonds. The second-order valence-electron chi connectivity index (χ2n) is 10.5. The van der Waals surface area contributed by atoms with E-state index in [0.29, 0.717) is 37.4 Å². The van der Waals surface area contributed by atoms with Crippen LogP contribution in [0.1, 0.15) is 56.7 Å². The third-order valence-corrected chi connectivity index (χ3v) is 6.43. The molecule has 0 spiro atoms. The van der Waals surface area contributed by atoms with Gasteiger partial charge in [-0.3, -0.25) is 4.79 Å². The van der Waals surface area contributed by atoms with Crippen LogP contribution in [0.3, 0.4) is 0 Å². The number of benzene rings is 3. The summed E-state index contributed by atoms with van der Waals surface area (Å²) in [7, 11) is 0. The van der Waals surface area contributed by atoms with Crippen LogP contribution in [-0.4, -0.2) is 48.4 Å². The highest BCUT2D eigenvalue weighted by Crippen LogP contribution is 2.28. The molecule has 0 radical (unpaired) electrons. The Labute approximate surface area is 223 Å². The van der Waals surface area contributed by atoms with Crippen molar-refractivity contribution in [1.29, 1.82) is 5.26 Å². The third-order valence-electron chi connectivity index (χ3n) is 6.43. The van der Waals surface area contributed by atoms with E-state index in [2.05, 4.69) is 6.07 Å². The maximum Gasteiger partial charge on any atom is 0.410 e. The zero-order chi connectivity index (χ0) is 27.3. The average Bonchev–Trinajstić information content (AvgIpc) is 3.35. The largest absolute Gasteiger partial charge is 0.489 e. The molecule has 0 N–H and O–H groups in total. The van der Waals surface area contributed by atoms with Crippen LogP contribution < -0.4 is 4.74 Å². The van der Waals surface area contributed by atoms with Gasteiger partial charge in [-0.2, -0.15) is 5.26 Å². The Morgan fingerprint density at radius 3 is 2.47 bits per heavy atom. The molecule has 3 aromatic carbocycles. The van der Waals surface area contributed by atoms with Crippen molar-refractivity contribution in [3.05, 3.63) is 77.4 Å². The van der Waals surface area contributed by atoms with Gasteiger partial charge in [0.15, 0.2) is 0 Å². The molecule has 7 heteroatoms. The molecule has 1 aliphatic heterocycles. The summed E-state index contributed by atoms with van der Waals surface area (Å²) in [6.45, 7) is 8.71. The Morgan fingerprint density at radius 2 is 1.79 bits per heavy atom. The van der Waals surface area contributed by atoms with Crippen LogP contribution in [0.25, 0.3) is 10.8 Å². The summed E-state index contributed by atoms with van der Waals surface area (Å²) >= 11 is 0. The first-order valence-corrected chi connectivity index (χ1v) is 13.0. The van der Waals surface area contributed by atoms with E-state index in [1.807, 2.05) is 75.4 Å². The van der Waals surface area contributed by atoms with Gasteiger partial charge in [-0.1, -0.05) is 36.4 Å². The lowest BCUT2D eigenvalue weighted by molar-refractivity contribution is -0.144. The molecule has 0 aliphatic carbocycles. The number of hydrogen-bond donors (Lipinski definition) is 0. The first-order chi connectivity index (χ1) is 18.1. The Bertz CT molecular complexity index is 1340. The standard InChI is InChI=1S/C31H34N2O5/c1-5-36-29(34)28(18-21-6-8-23-9-7-22(19-32)17-25(23)16-21)24-10-12-26(13-11-24)37-27-14-15-33(20-27)30(35)38-31(2,3)4/h6-13,16-17,27-28H,5,14-15,18,20H2,1-4H3. The van der Waals surface area contributed by atoms with E-state index in [1.54, 1.807) is 17.9 Å². The molecule has 2 atom stereocenters. The lowest BCUT2D eigenvalue weighted by Gasteiger charge is -2.24. The van der Waals surface area contributed by atoms with Crippen LogP contribution in [0, 0.1) is 11.3 Å². The Balaban J connectivity index is 1.45. The van der Waals surface area contributed by atoms with Crippen LogP contribution in [-0.2, 0) is 20.7 Å². The maximum atomic E-state index is 12.9. The van der Waals surface area contributed by atoms with Crippen LogP contribution in [0.5, 0.6) is 5.75 Å². The molecule has 198 valence electrons. The Morgan fingerprint density at radius 1 is 1.05 bits per heavy atom. The van der Waals surface area contributed by atoms with Gasteiger partial charge in [0.25, 0.3) is 0 Å². The number of rotatable bonds is 7. The number of ether oxygens (including phenoxy) is 3. The number of likely N-dealkylation sites (tertiary alicyclic amines) is 1. The normalized spacial score (nSPS) is 16.1. The predicted molar refractivity (Wildman–Crippen MR) is 145 cm³/mol. The van der Waals surface area contributed by atoms with Gasteiger partial charge >= 0.3 is 12.1 Å². The molecule has 7 nitrogen and oxygen atoms in total. The van der Waals surface area contributed by atoms with E-state index in [-0.39, 0.29) is 18.2 Å². The fourth-order valence-electron chi connectivity index (χ4n) is 4.60. The Hall–Kier alpha value is -4.05. The van der Waals surface area contributed by atoms with Crippen molar-refractivity contribution in [2.45, 2.75) is 58.2 Å². The van der Waals surface area contributed by atoms with Crippen LogP contribution in [0.4, 0.5) is 4.79 Å². The van der Waals surface area contributed by atoms with E-state index >= 15 is 0 Å². The number of amides is 1. The third kappa shape index (κ3) is 6.83. The molecule has 38 heavy (non-hydrogen) atoms. The van der Waals surface area contributed by atoms with E-state index in [9.17, 15) is 14.9 Å². The first-order valence-electron chi connectivity index (χ1n) is 13.0. The number of carbonyl (C=O) groups excluding carboxylic acids is 2. The van der Waals surface area contributed by atoms with Crippen molar-refractivity contribution >= 4 is 22.8 Å². The first kappa shape index (κ1) is 27.0. The second kappa shape index (κ2) is 11.6. The molecular formula is C31H34N2O5. The van der Waals surface area contributed by atoms with Crippen molar-refractivity contribution in [3.8, 4) is 11.8 Å². The van der Waals surface area contributed by atoms with Gasteiger partial charge in [0.1, 0.15) is 17.5 Å². The highest BCUT2D eigenvalue weighted by atomic mass is 16.6. The zero-order valence-corrected chi connectivity index (χ0v) is 22.4. The summed E-state index contributed by atoms with van der Waals surface area (Å²) in [5, 5.41) is 11.2. The molecule has 3 aromatic rings. The van der Waals surface area contributed by atoms with E-state index in [4.69, 9.17) is 14.2 Å². The van der Waals surface area contributed by atoms with Gasteiger partial charge in [-0.05, 0) is 80.3 Å².